The molecule has 0 aliphatic carbocycles. The van der Waals surface area contributed by atoms with Crippen LogP contribution in [-0.4, -0.2) is 54.2 Å². The van der Waals surface area contributed by atoms with Crippen LogP contribution in [0.25, 0.3) is 11.5 Å². The molecule has 1 fully saturated rings. The minimum Gasteiger partial charge on any atom is -0.403 e. The van der Waals surface area contributed by atoms with Crippen LogP contribution >= 0.6 is 0 Å². The summed E-state index contributed by atoms with van der Waals surface area (Å²) < 4.78 is 40.3. The molecule has 0 radical (unpaired) electrons. The van der Waals surface area contributed by atoms with Gasteiger partial charge in [0.1, 0.15) is 11.6 Å². The van der Waals surface area contributed by atoms with Crippen LogP contribution in [0, 0.1) is 11.6 Å². The van der Waals surface area contributed by atoms with Crippen molar-refractivity contribution in [1.82, 2.24) is 10.2 Å². The van der Waals surface area contributed by atoms with Crippen LogP contribution in [0.2, 0.25) is 0 Å². The molecular formula is C28H23F2N5O3. The van der Waals surface area contributed by atoms with E-state index in [1.54, 1.807) is 0 Å². The number of aromatic nitrogens is 2. The maximum Gasteiger partial charge on any atom is 0.317 e. The Labute approximate surface area is 217 Å². The summed E-state index contributed by atoms with van der Waals surface area (Å²) in [7, 11) is 0. The average molecular weight is 516 g/mol. The Bertz CT molecular complexity index is 1520. The summed E-state index contributed by atoms with van der Waals surface area (Å²) in [6, 6.07) is 19.1. The Morgan fingerprint density at radius 2 is 1.71 bits per heavy atom. The fourth-order valence-corrected chi connectivity index (χ4v) is 4.72. The highest BCUT2D eigenvalue weighted by atomic mass is 19.1. The van der Waals surface area contributed by atoms with Crippen LogP contribution in [0.15, 0.2) is 76.1 Å². The first kappa shape index (κ1) is 23.9. The number of hydrogen-bond acceptors (Lipinski definition) is 8. The van der Waals surface area contributed by atoms with E-state index < -0.39 is 17.8 Å². The second-order valence-corrected chi connectivity index (χ2v) is 8.98. The molecule has 192 valence electrons. The molecule has 1 unspecified atom stereocenters. The first-order valence-corrected chi connectivity index (χ1v) is 12.2. The fourth-order valence-electron chi connectivity index (χ4n) is 4.72. The molecule has 2 aliphatic heterocycles. The van der Waals surface area contributed by atoms with E-state index in [0.29, 0.717) is 37.7 Å². The van der Waals surface area contributed by atoms with Gasteiger partial charge >= 0.3 is 6.01 Å². The van der Waals surface area contributed by atoms with Crippen LogP contribution in [0.4, 0.5) is 20.5 Å². The van der Waals surface area contributed by atoms with Gasteiger partial charge in [0, 0.05) is 36.7 Å². The third-order valence-electron chi connectivity index (χ3n) is 6.53. The van der Waals surface area contributed by atoms with E-state index in [2.05, 4.69) is 15.5 Å². The number of carbonyl (C=O) groups excluding carboxylic acids is 1. The van der Waals surface area contributed by atoms with E-state index in [-0.39, 0.29) is 29.7 Å². The zero-order chi connectivity index (χ0) is 26.1. The summed E-state index contributed by atoms with van der Waals surface area (Å²) in [6.45, 7) is 1.79. The number of carbonyl (C=O) groups is 1. The van der Waals surface area contributed by atoms with Crippen LogP contribution in [-0.2, 0) is 16.0 Å². The zero-order valence-electron chi connectivity index (χ0n) is 20.2. The number of nitrogens with one attached hydrogen (secondary N) is 1. The average Bonchev–Trinajstić information content (AvgIpc) is 3.34. The maximum absolute atomic E-state index is 15.0. The lowest BCUT2D eigenvalue weighted by molar-refractivity contribution is -0.119. The monoisotopic (exact) mass is 515 g/mol. The van der Waals surface area contributed by atoms with Gasteiger partial charge < -0.3 is 19.4 Å². The quantitative estimate of drug-likeness (QED) is 0.425. The van der Waals surface area contributed by atoms with Gasteiger partial charge in [0.05, 0.1) is 30.2 Å². The van der Waals surface area contributed by atoms with Crippen molar-refractivity contribution >= 4 is 23.2 Å². The van der Waals surface area contributed by atoms with Crippen molar-refractivity contribution in [2.24, 2.45) is 4.99 Å². The van der Waals surface area contributed by atoms with Crippen molar-refractivity contribution < 1.29 is 22.7 Å². The molecule has 3 aromatic carbocycles. The van der Waals surface area contributed by atoms with Crippen LogP contribution in [0.5, 0.6) is 0 Å². The van der Waals surface area contributed by atoms with Crippen molar-refractivity contribution in [2.75, 3.05) is 36.5 Å². The van der Waals surface area contributed by atoms with Gasteiger partial charge in [0.2, 0.25) is 0 Å². The number of halogens is 2. The fraction of sp³-hybridized carbons (Fsp3) is 0.214. The molecule has 38 heavy (non-hydrogen) atoms. The number of Topliss-reactive ketones (excluding diaryl/α,β-unsaturated/α-hetero) is 1. The van der Waals surface area contributed by atoms with E-state index in [1.165, 1.54) is 6.07 Å². The van der Waals surface area contributed by atoms with E-state index in [4.69, 9.17) is 14.1 Å². The summed E-state index contributed by atoms with van der Waals surface area (Å²) in [5, 5.41) is 10.9. The van der Waals surface area contributed by atoms with Gasteiger partial charge in [0.25, 0.3) is 5.89 Å². The van der Waals surface area contributed by atoms with Gasteiger partial charge in [-0.15, -0.1) is 5.10 Å². The Morgan fingerprint density at radius 3 is 2.53 bits per heavy atom. The molecule has 1 saturated heterocycles. The molecule has 6 rings (SSSR count). The molecule has 1 N–H and O–H groups in total. The van der Waals surface area contributed by atoms with E-state index >= 15 is 4.39 Å². The lowest BCUT2D eigenvalue weighted by Gasteiger charge is -2.30. The molecule has 0 bridgehead atoms. The highest BCUT2D eigenvalue weighted by Gasteiger charge is 2.29. The molecule has 2 aliphatic rings. The van der Waals surface area contributed by atoms with E-state index in [0.717, 1.165) is 22.8 Å². The van der Waals surface area contributed by atoms with Crippen LogP contribution in [0.3, 0.4) is 0 Å². The highest BCUT2D eigenvalue weighted by Crippen LogP contribution is 2.35. The molecular weight excluding hydrogens is 492 g/mol. The number of rotatable bonds is 5. The molecule has 0 amide bonds. The molecule has 0 spiro atoms. The minimum atomic E-state index is -1.01. The second-order valence-electron chi connectivity index (χ2n) is 8.98. The van der Waals surface area contributed by atoms with E-state index in [1.807, 2.05) is 59.5 Å². The standard InChI is InChI=1S/C28H23F2N5O3/c29-19-15-21(30)24(22(16-19)35-10-12-37-13-11-35)27-33-34-28(38-27)32-26-23(36)14-18-8-4-5-9-20(18)25(31-26)17-6-2-1-3-7-17/h1-9,15-16,26H,10-14H2,(H,32,34). The minimum absolute atomic E-state index is 0.0121. The topological polar surface area (TPSA) is 92.9 Å². The molecule has 8 nitrogen and oxygen atoms in total. The van der Waals surface area contributed by atoms with Gasteiger partial charge in [-0.2, -0.15) is 0 Å². The number of nitrogens with zero attached hydrogens (tertiary/aromatic N) is 4. The number of ether oxygens (including phenoxy) is 1. The Kier molecular flexibility index (Phi) is 6.38. The number of ketones is 1. The first-order chi connectivity index (χ1) is 18.6. The number of benzene rings is 3. The molecule has 4 aromatic rings. The third-order valence-corrected chi connectivity index (χ3v) is 6.53. The number of anilines is 2. The molecule has 1 atom stereocenters. The van der Waals surface area contributed by atoms with Crippen molar-refractivity contribution in [3.8, 4) is 11.5 Å². The summed E-state index contributed by atoms with van der Waals surface area (Å²) in [5.74, 6) is -1.86. The SMILES string of the molecule is O=C1Cc2ccccc2C(c2ccccc2)=NC1Nc1nnc(-c2c(F)cc(F)cc2N2CCOCC2)o1. The molecule has 3 heterocycles. The number of morpholine rings is 1. The lowest BCUT2D eigenvalue weighted by Crippen LogP contribution is -2.36. The molecule has 0 saturated carbocycles. The van der Waals surface area contributed by atoms with Crippen molar-refractivity contribution in [1.29, 1.82) is 0 Å². The van der Waals surface area contributed by atoms with Gasteiger partial charge in [-0.05, 0) is 11.6 Å². The largest absolute Gasteiger partial charge is 0.403 e. The Hall–Kier alpha value is -4.44. The lowest BCUT2D eigenvalue weighted by atomic mass is 9.96. The van der Waals surface area contributed by atoms with Crippen molar-refractivity contribution in [2.45, 2.75) is 12.6 Å². The van der Waals surface area contributed by atoms with Gasteiger partial charge in [-0.1, -0.05) is 59.7 Å². The normalized spacial score (nSPS) is 17.5. The Balaban J connectivity index is 1.35. The van der Waals surface area contributed by atoms with Crippen molar-refractivity contribution in [3.05, 3.63) is 95.1 Å². The van der Waals surface area contributed by atoms with Crippen LogP contribution in [0.1, 0.15) is 16.7 Å². The van der Waals surface area contributed by atoms with E-state index in [9.17, 15) is 9.18 Å². The predicted molar refractivity (Wildman–Crippen MR) is 137 cm³/mol. The second kappa shape index (κ2) is 10.1. The number of aliphatic imine (C=N–C) groups is 1. The van der Waals surface area contributed by atoms with Gasteiger partial charge in [-0.3, -0.25) is 9.79 Å². The van der Waals surface area contributed by atoms with Gasteiger partial charge in [0.15, 0.2) is 11.9 Å². The summed E-state index contributed by atoms with van der Waals surface area (Å²) in [5.41, 5.74) is 3.53. The summed E-state index contributed by atoms with van der Waals surface area (Å²) >= 11 is 0. The third kappa shape index (κ3) is 4.66. The summed E-state index contributed by atoms with van der Waals surface area (Å²) in [4.78, 5) is 19.8. The highest BCUT2D eigenvalue weighted by molar-refractivity contribution is 6.16. The predicted octanol–water partition coefficient (Wildman–Crippen LogP) is 4.25. The van der Waals surface area contributed by atoms with Gasteiger partial charge in [-0.25, -0.2) is 8.78 Å². The molecule has 1 aromatic heterocycles. The Morgan fingerprint density at radius 1 is 0.947 bits per heavy atom. The molecule has 10 heteroatoms. The first-order valence-electron chi connectivity index (χ1n) is 12.2. The van der Waals surface area contributed by atoms with Crippen molar-refractivity contribution in [3.63, 3.8) is 0 Å². The zero-order valence-corrected chi connectivity index (χ0v) is 20.2. The maximum atomic E-state index is 15.0. The number of fused-ring (bicyclic) bond motifs is 1. The summed E-state index contributed by atoms with van der Waals surface area (Å²) in [6.07, 6.45) is -0.856. The number of hydrogen-bond donors (Lipinski definition) is 1. The van der Waals surface area contributed by atoms with Crippen LogP contribution < -0.4 is 10.2 Å². The smallest absolute Gasteiger partial charge is 0.317 e.